The number of nitrogens with zero attached hydrogens (tertiary/aromatic N) is 3. The molecule has 7 heteroatoms. The van der Waals surface area contributed by atoms with Crippen molar-refractivity contribution in [2.24, 2.45) is 0 Å². The minimum Gasteiger partial charge on any atom is -0.476 e. The predicted molar refractivity (Wildman–Crippen MR) is 42.4 cm³/mol. The molecule has 2 aromatic heterocycles. The van der Waals surface area contributed by atoms with Gasteiger partial charge in [-0.25, -0.2) is 4.79 Å². The fourth-order valence-corrected chi connectivity index (χ4v) is 1.26. The van der Waals surface area contributed by atoms with Crippen LogP contribution in [-0.4, -0.2) is 26.4 Å². The van der Waals surface area contributed by atoms with Gasteiger partial charge in [0.25, 0.3) is 0 Å². The number of aromatic carboxylic acids is 1. The average Bonchev–Trinajstić information content (AvgIpc) is 2.75. The highest BCUT2D eigenvalue weighted by atomic mass is 32.1. The SMILES string of the molecule is O=C(O)c1cc(-c2nncs2)on1. The Balaban J connectivity index is 2.39. The largest absolute Gasteiger partial charge is 0.476 e. The molecule has 2 aromatic rings. The Labute approximate surface area is 75.8 Å². The van der Waals surface area contributed by atoms with Gasteiger partial charge in [0, 0.05) is 6.07 Å². The van der Waals surface area contributed by atoms with Crippen molar-refractivity contribution in [3.8, 4) is 10.8 Å². The number of aromatic nitrogens is 3. The van der Waals surface area contributed by atoms with Gasteiger partial charge in [0.15, 0.2) is 16.5 Å². The lowest BCUT2D eigenvalue weighted by atomic mass is 10.4. The van der Waals surface area contributed by atoms with Crippen molar-refractivity contribution in [3.05, 3.63) is 17.3 Å². The Kier molecular flexibility index (Phi) is 1.78. The molecule has 0 saturated heterocycles. The van der Waals surface area contributed by atoms with E-state index in [1.54, 1.807) is 0 Å². The Hall–Kier alpha value is -1.76. The van der Waals surface area contributed by atoms with E-state index in [2.05, 4.69) is 15.4 Å². The molecule has 0 aromatic carbocycles. The number of rotatable bonds is 2. The first-order valence-electron chi connectivity index (χ1n) is 3.24. The van der Waals surface area contributed by atoms with Crippen molar-refractivity contribution in [3.63, 3.8) is 0 Å². The van der Waals surface area contributed by atoms with Crippen LogP contribution in [0.2, 0.25) is 0 Å². The van der Waals surface area contributed by atoms with Crippen LogP contribution in [0.3, 0.4) is 0 Å². The average molecular weight is 197 g/mol. The van der Waals surface area contributed by atoms with Gasteiger partial charge in [0.2, 0.25) is 0 Å². The molecule has 2 rings (SSSR count). The number of hydrogen-bond donors (Lipinski definition) is 1. The lowest BCUT2D eigenvalue weighted by Gasteiger charge is -1.79. The maximum absolute atomic E-state index is 10.4. The molecule has 1 N–H and O–H groups in total. The van der Waals surface area contributed by atoms with E-state index in [1.807, 2.05) is 0 Å². The molecule has 66 valence electrons. The van der Waals surface area contributed by atoms with Crippen LogP contribution in [-0.2, 0) is 0 Å². The standard InChI is InChI=1S/C6H3N3O3S/c10-6(11)3-1-4(12-9-3)5-8-7-2-13-5/h1-2H,(H,10,11). The first kappa shape index (κ1) is 7.87. The van der Waals surface area contributed by atoms with E-state index in [-0.39, 0.29) is 5.69 Å². The van der Waals surface area contributed by atoms with Crippen LogP contribution in [0.1, 0.15) is 10.5 Å². The third kappa shape index (κ3) is 1.41. The number of carbonyl (C=O) groups is 1. The zero-order valence-electron chi connectivity index (χ0n) is 6.17. The van der Waals surface area contributed by atoms with Crippen molar-refractivity contribution in [1.82, 2.24) is 15.4 Å². The summed E-state index contributed by atoms with van der Waals surface area (Å²) in [6.45, 7) is 0. The van der Waals surface area contributed by atoms with Gasteiger partial charge in [-0.15, -0.1) is 10.2 Å². The highest BCUT2D eigenvalue weighted by Gasteiger charge is 2.13. The van der Waals surface area contributed by atoms with Crippen molar-refractivity contribution in [1.29, 1.82) is 0 Å². The Morgan fingerprint density at radius 1 is 1.62 bits per heavy atom. The van der Waals surface area contributed by atoms with E-state index in [9.17, 15) is 4.79 Å². The summed E-state index contributed by atoms with van der Waals surface area (Å²) < 4.78 is 4.75. The summed E-state index contributed by atoms with van der Waals surface area (Å²) in [6, 6.07) is 1.31. The van der Waals surface area contributed by atoms with Crippen LogP contribution in [0.15, 0.2) is 16.1 Å². The lowest BCUT2D eigenvalue weighted by molar-refractivity contribution is 0.0686. The molecule has 0 radical (unpaired) electrons. The predicted octanol–water partition coefficient (Wildman–Crippen LogP) is 0.891. The summed E-state index contributed by atoms with van der Waals surface area (Å²) in [7, 11) is 0. The summed E-state index contributed by atoms with van der Waals surface area (Å²) >= 11 is 1.25. The monoisotopic (exact) mass is 197 g/mol. The number of carboxylic acid groups (broad SMARTS) is 1. The van der Waals surface area contributed by atoms with E-state index >= 15 is 0 Å². The molecular weight excluding hydrogens is 194 g/mol. The molecule has 0 amide bonds. The van der Waals surface area contributed by atoms with Crippen LogP contribution in [0.5, 0.6) is 0 Å². The summed E-state index contributed by atoms with van der Waals surface area (Å²) in [4.78, 5) is 10.4. The van der Waals surface area contributed by atoms with E-state index in [4.69, 9.17) is 9.63 Å². The zero-order chi connectivity index (χ0) is 9.26. The minimum atomic E-state index is -1.13. The smallest absolute Gasteiger partial charge is 0.358 e. The summed E-state index contributed by atoms with van der Waals surface area (Å²) in [6.07, 6.45) is 0. The van der Waals surface area contributed by atoms with Gasteiger partial charge < -0.3 is 9.63 Å². The molecule has 0 spiro atoms. The molecule has 0 saturated carbocycles. The first-order chi connectivity index (χ1) is 6.27. The molecular formula is C6H3N3O3S. The molecule has 0 aliphatic rings. The molecule has 0 aliphatic carbocycles. The van der Waals surface area contributed by atoms with Crippen molar-refractivity contribution >= 4 is 17.3 Å². The van der Waals surface area contributed by atoms with Crippen LogP contribution in [0.4, 0.5) is 0 Å². The Morgan fingerprint density at radius 3 is 3.00 bits per heavy atom. The van der Waals surface area contributed by atoms with Gasteiger partial charge in [-0.3, -0.25) is 0 Å². The molecule has 0 fully saturated rings. The molecule has 0 atom stereocenters. The number of hydrogen-bond acceptors (Lipinski definition) is 6. The van der Waals surface area contributed by atoms with Crippen molar-refractivity contribution in [2.45, 2.75) is 0 Å². The van der Waals surface area contributed by atoms with Crippen molar-refractivity contribution < 1.29 is 14.4 Å². The highest BCUT2D eigenvalue weighted by molar-refractivity contribution is 7.12. The third-order valence-electron chi connectivity index (χ3n) is 1.30. The Morgan fingerprint density at radius 2 is 2.46 bits per heavy atom. The molecule has 6 nitrogen and oxygen atoms in total. The fraction of sp³-hybridized carbons (Fsp3) is 0. The zero-order valence-corrected chi connectivity index (χ0v) is 6.98. The quantitative estimate of drug-likeness (QED) is 0.768. The van der Waals surface area contributed by atoms with Gasteiger partial charge in [-0.1, -0.05) is 16.5 Å². The topological polar surface area (TPSA) is 89.1 Å². The van der Waals surface area contributed by atoms with E-state index in [0.29, 0.717) is 10.8 Å². The maximum Gasteiger partial charge on any atom is 0.358 e. The van der Waals surface area contributed by atoms with E-state index < -0.39 is 5.97 Å². The summed E-state index contributed by atoms with van der Waals surface area (Å²) in [5, 5.41) is 19.7. The van der Waals surface area contributed by atoms with Crippen molar-refractivity contribution in [2.75, 3.05) is 0 Å². The van der Waals surface area contributed by atoms with E-state index in [1.165, 1.54) is 22.9 Å². The first-order valence-corrected chi connectivity index (χ1v) is 4.12. The normalized spacial score (nSPS) is 10.2. The maximum atomic E-state index is 10.4. The van der Waals surface area contributed by atoms with Crippen LogP contribution in [0.25, 0.3) is 10.8 Å². The molecule has 2 heterocycles. The molecule has 13 heavy (non-hydrogen) atoms. The second-order valence-corrected chi connectivity index (χ2v) is 2.96. The second kappa shape index (κ2) is 2.94. The summed E-state index contributed by atoms with van der Waals surface area (Å²) in [5.74, 6) is -0.806. The Bertz CT molecular complexity index is 422. The van der Waals surface area contributed by atoms with Crippen LogP contribution >= 0.6 is 11.3 Å². The second-order valence-electron chi connectivity index (χ2n) is 2.13. The highest BCUT2D eigenvalue weighted by Crippen LogP contribution is 2.20. The third-order valence-corrected chi connectivity index (χ3v) is 2.01. The lowest BCUT2D eigenvalue weighted by Crippen LogP contribution is -1.94. The molecule has 0 unspecified atom stereocenters. The molecule has 0 bridgehead atoms. The van der Waals surface area contributed by atoms with Gasteiger partial charge in [0.1, 0.15) is 5.51 Å². The van der Waals surface area contributed by atoms with Crippen LogP contribution in [0, 0.1) is 0 Å². The van der Waals surface area contributed by atoms with E-state index in [0.717, 1.165) is 0 Å². The number of carboxylic acids is 1. The molecule has 0 aliphatic heterocycles. The van der Waals surface area contributed by atoms with Gasteiger partial charge in [0.05, 0.1) is 0 Å². The van der Waals surface area contributed by atoms with Gasteiger partial charge >= 0.3 is 5.97 Å². The minimum absolute atomic E-state index is 0.134. The van der Waals surface area contributed by atoms with Crippen LogP contribution < -0.4 is 0 Å². The summed E-state index contributed by atoms with van der Waals surface area (Å²) in [5.41, 5.74) is 1.39. The van der Waals surface area contributed by atoms with Gasteiger partial charge in [-0.2, -0.15) is 0 Å². The fourth-order valence-electron chi connectivity index (χ4n) is 0.757. The van der Waals surface area contributed by atoms with Gasteiger partial charge in [-0.05, 0) is 0 Å².